The third kappa shape index (κ3) is 2.39. The molecule has 0 saturated heterocycles. The van der Waals surface area contributed by atoms with Gasteiger partial charge in [0.25, 0.3) is 0 Å². The molecule has 0 saturated carbocycles. The van der Waals surface area contributed by atoms with Gasteiger partial charge in [-0.25, -0.2) is 8.78 Å². The van der Waals surface area contributed by atoms with Crippen LogP contribution in [0, 0.1) is 11.6 Å². The molecule has 5 heteroatoms. The minimum absolute atomic E-state index is 0.0741. The fraction of sp³-hybridized carbons (Fsp3) is 0.200. The van der Waals surface area contributed by atoms with Crippen molar-refractivity contribution in [3.8, 4) is 5.75 Å². The molecule has 0 bridgehead atoms. The minimum Gasteiger partial charge on any atom is -0.485 e. The van der Waals surface area contributed by atoms with Crippen LogP contribution in [-0.4, -0.2) is 17.0 Å². The summed E-state index contributed by atoms with van der Waals surface area (Å²) in [5.74, 6) is -0.851. The average molecular weight is 294 g/mol. The van der Waals surface area contributed by atoms with E-state index >= 15 is 0 Å². The average Bonchev–Trinajstić information content (AvgIpc) is 2.49. The molecule has 2 atom stereocenters. The Morgan fingerprint density at radius 3 is 2.80 bits per heavy atom. The molecule has 2 nitrogen and oxygen atoms in total. The van der Waals surface area contributed by atoms with Crippen LogP contribution in [0.4, 0.5) is 8.78 Å². The van der Waals surface area contributed by atoms with E-state index < -0.39 is 23.8 Å². The Morgan fingerprint density at radius 1 is 1.15 bits per heavy atom. The molecule has 3 rings (SSSR count). The van der Waals surface area contributed by atoms with Gasteiger partial charge in [0, 0.05) is 16.2 Å². The van der Waals surface area contributed by atoms with E-state index in [1.807, 2.05) is 18.2 Å². The maximum atomic E-state index is 13.7. The van der Waals surface area contributed by atoms with Crippen LogP contribution in [0.3, 0.4) is 0 Å². The van der Waals surface area contributed by atoms with Crippen molar-refractivity contribution in [2.75, 3.05) is 5.75 Å². The highest BCUT2D eigenvalue weighted by molar-refractivity contribution is 7.99. The second kappa shape index (κ2) is 5.42. The van der Waals surface area contributed by atoms with Crippen LogP contribution in [0.2, 0.25) is 0 Å². The van der Waals surface area contributed by atoms with Crippen molar-refractivity contribution < 1.29 is 18.6 Å². The first-order valence-corrected chi connectivity index (χ1v) is 7.16. The van der Waals surface area contributed by atoms with Gasteiger partial charge in [-0.2, -0.15) is 0 Å². The summed E-state index contributed by atoms with van der Waals surface area (Å²) in [5.41, 5.74) is -0.0741. The number of para-hydroxylation sites is 1. The number of benzene rings is 2. The second-order valence-electron chi connectivity index (χ2n) is 4.50. The van der Waals surface area contributed by atoms with Crippen LogP contribution in [0.25, 0.3) is 0 Å². The number of hydrogen-bond acceptors (Lipinski definition) is 3. The fourth-order valence-corrected chi connectivity index (χ4v) is 3.17. The molecule has 0 amide bonds. The van der Waals surface area contributed by atoms with Crippen molar-refractivity contribution in [1.82, 2.24) is 0 Å². The topological polar surface area (TPSA) is 29.5 Å². The summed E-state index contributed by atoms with van der Waals surface area (Å²) in [4.78, 5) is 0.982. The normalized spacial score (nSPS) is 19.1. The highest BCUT2D eigenvalue weighted by Crippen LogP contribution is 2.38. The van der Waals surface area contributed by atoms with Crippen molar-refractivity contribution in [1.29, 1.82) is 0 Å². The van der Waals surface area contributed by atoms with E-state index in [0.29, 0.717) is 11.5 Å². The zero-order valence-corrected chi connectivity index (χ0v) is 11.2. The van der Waals surface area contributed by atoms with E-state index in [2.05, 4.69) is 0 Å². The molecule has 0 aliphatic carbocycles. The quantitative estimate of drug-likeness (QED) is 0.918. The van der Waals surface area contributed by atoms with Crippen molar-refractivity contribution >= 4 is 11.8 Å². The summed E-state index contributed by atoms with van der Waals surface area (Å²) in [7, 11) is 0. The first-order chi connectivity index (χ1) is 9.66. The predicted molar refractivity (Wildman–Crippen MR) is 72.9 cm³/mol. The molecule has 2 aromatic rings. The van der Waals surface area contributed by atoms with Gasteiger partial charge in [-0.05, 0) is 18.2 Å². The van der Waals surface area contributed by atoms with Crippen LogP contribution in [0.5, 0.6) is 5.75 Å². The molecule has 1 heterocycles. The Kier molecular flexibility index (Phi) is 3.63. The maximum absolute atomic E-state index is 13.7. The Balaban J connectivity index is 1.86. The molecule has 0 spiro atoms. The molecule has 20 heavy (non-hydrogen) atoms. The summed E-state index contributed by atoms with van der Waals surface area (Å²) in [5, 5.41) is 10.2. The zero-order chi connectivity index (χ0) is 14.1. The Morgan fingerprint density at radius 2 is 1.95 bits per heavy atom. The molecular formula is C15H12F2O2S. The maximum Gasteiger partial charge on any atom is 0.164 e. The molecule has 2 unspecified atom stereocenters. The van der Waals surface area contributed by atoms with Crippen LogP contribution >= 0.6 is 11.8 Å². The van der Waals surface area contributed by atoms with Gasteiger partial charge in [-0.15, -0.1) is 11.8 Å². The van der Waals surface area contributed by atoms with Crippen molar-refractivity contribution in [3.05, 3.63) is 59.7 Å². The third-order valence-electron chi connectivity index (χ3n) is 3.18. The largest absolute Gasteiger partial charge is 0.485 e. The standard InChI is InChI=1S/C15H12F2O2S/c16-10-5-3-4-9(14(10)17)15(18)12-8-20-13-7-2-1-6-11(13)19-12/h1-7,12,15,18H,8H2. The summed E-state index contributed by atoms with van der Waals surface area (Å²) < 4.78 is 32.6. The molecule has 0 aromatic heterocycles. The van der Waals surface area contributed by atoms with E-state index in [1.54, 1.807) is 6.07 Å². The van der Waals surface area contributed by atoms with E-state index in [4.69, 9.17) is 4.74 Å². The van der Waals surface area contributed by atoms with Gasteiger partial charge in [0.05, 0.1) is 0 Å². The first kappa shape index (κ1) is 13.4. The van der Waals surface area contributed by atoms with E-state index in [9.17, 15) is 13.9 Å². The van der Waals surface area contributed by atoms with Gasteiger partial charge in [0.1, 0.15) is 18.0 Å². The molecule has 1 aliphatic rings. The molecule has 1 N–H and O–H groups in total. The number of ether oxygens (including phenoxy) is 1. The van der Waals surface area contributed by atoms with E-state index in [1.165, 1.54) is 23.9 Å². The fourth-order valence-electron chi connectivity index (χ4n) is 2.14. The van der Waals surface area contributed by atoms with Gasteiger partial charge in [-0.3, -0.25) is 0 Å². The van der Waals surface area contributed by atoms with Crippen LogP contribution < -0.4 is 4.74 Å². The lowest BCUT2D eigenvalue weighted by Gasteiger charge is -2.29. The Hall–Kier alpha value is -1.59. The first-order valence-electron chi connectivity index (χ1n) is 6.17. The number of aliphatic hydroxyl groups is 1. The van der Waals surface area contributed by atoms with Crippen molar-refractivity contribution in [2.45, 2.75) is 17.1 Å². The molecule has 0 radical (unpaired) electrons. The zero-order valence-electron chi connectivity index (χ0n) is 10.4. The van der Waals surface area contributed by atoms with Crippen LogP contribution in [-0.2, 0) is 0 Å². The molecule has 1 aliphatic heterocycles. The van der Waals surface area contributed by atoms with E-state index in [-0.39, 0.29) is 5.56 Å². The SMILES string of the molecule is OC(c1cccc(F)c1F)C1CSc2ccccc2O1. The predicted octanol–water partition coefficient (Wildman–Crippen LogP) is 3.55. The van der Waals surface area contributed by atoms with Gasteiger partial charge >= 0.3 is 0 Å². The molecule has 104 valence electrons. The Labute approximate surface area is 119 Å². The third-order valence-corrected chi connectivity index (χ3v) is 4.33. The molecular weight excluding hydrogens is 282 g/mol. The smallest absolute Gasteiger partial charge is 0.164 e. The summed E-state index contributed by atoms with van der Waals surface area (Å²) in [6.45, 7) is 0. The number of hydrogen-bond donors (Lipinski definition) is 1. The van der Waals surface area contributed by atoms with Crippen molar-refractivity contribution in [3.63, 3.8) is 0 Å². The van der Waals surface area contributed by atoms with Gasteiger partial charge in [0.15, 0.2) is 11.6 Å². The number of halogens is 2. The summed E-state index contributed by atoms with van der Waals surface area (Å²) in [6.07, 6.45) is -1.81. The lowest BCUT2D eigenvalue weighted by Crippen LogP contribution is -2.31. The lowest BCUT2D eigenvalue weighted by atomic mass is 10.0. The van der Waals surface area contributed by atoms with Crippen molar-refractivity contribution in [2.24, 2.45) is 0 Å². The number of aliphatic hydroxyl groups excluding tert-OH is 1. The highest BCUT2D eigenvalue weighted by Gasteiger charge is 2.30. The summed E-state index contributed by atoms with van der Waals surface area (Å²) in [6, 6.07) is 11.2. The summed E-state index contributed by atoms with van der Waals surface area (Å²) >= 11 is 1.53. The Bertz CT molecular complexity index is 633. The second-order valence-corrected chi connectivity index (χ2v) is 5.56. The number of fused-ring (bicyclic) bond motifs is 1. The van der Waals surface area contributed by atoms with Gasteiger partial charge < -0.3 is 9.84 Å². The van der Waals surface area contributed by atoms with Gasteiger partial charge in [-0.1, -0.05) is 24.3 Å². The lowest BCUT2D eigenvalue weighted by molar-refractivity contribution is 0.0429. The number of thioether (sulfide) groups is 1. The molecule has 2 aromatic carbocycles. The highest BCUT2D eigenvalue weighted by atomic mass is 32.2. The molecule has 0 fully saturated rings. The monoisotopic (exact) mass is 294 g/mol. The van der Waals surface area contributed by atoms with Gasteiger partial charge in [0.2, 0.25) is 0 Å². The number of rotatable bonds is 2. The van der Waals surface area contributed by atoms with Crippen LogP contribution in [0.15, 0.2) is 47.4 Å². The van der Waals surface area contributed by atoms with Crippen LogP contribution in [0.1, 0.15) is 11.7 Å². The minimum atomic E-state index is -1.20. The van der Waals surface area contributed by atoms with E-state index in [0.717, 1.165) is 11.0 Å².